The molecule has 3 heteroatoms. The van der Waals surface area contributed by atoms with Crippen molar-refractivity contribution < 1.29 is 8.96 Å². The van der Waals surface area contributed by atoms with Gasteiger partial charge in [-0.2, -0.15) is 0 Å². The molecule has 3 aromatic heterocycles. The Morgan fingerprint density at radius 2 is 1.61 bits per heavy atom. The van der Waals surface area contributed by atoms with Crippen LogP contribution in [0.3, 0.4) is 0 Å². The zero-order valence-corrected chi connectivity index (χ0v) is 21.8. The van der Waals surface area contributed by atoms with Gasteiger partial charge in [0.1, 0.15) is 12.9 Å². The molecule has 0 fully saturated rings. The molecule has 0 amide bonds. The molecular formula is C33H30FN2+. The van der Waals surface area contributed by atoms with Crippen molar-refractivity contribution in [2.75, 3.05) is 0 Å². The number of hydrogen-bond donors (Lipinski definition) is 0. The van der Waals surface area contributed by atoms with E-state index in [1.165, 1.54) is 54.7 Å². The fraction of sp³-hybridized carbons (Fsp3) is 0.242. The number of nitrogens with zero attached hydrogens (tertiary/aromatic N) is 2. The van der Waals surface area contributed by atoms with Crippen molar-refractivity contribution in [1.82, 2.24) is 4.40 Å². The van der Waals surface area contributed by atoms with Gasteiger partial charge in [-0.25, -0.2) is 8.96 Å². The molecule has 36 heavy (non-hydrogen) atoms. The molecule has 3 heterocycles. The molecule has 0 aliphatic carbocycles. The van der Waals surface area contributed by atoms with Crippen molar-refractivity contribution in [3.8, 4) is 0 Å². The maximum atomic E-state index is 15.5. The zero-order chi connectivity index (χ0) is 25.1. The largest absolute Gasteiger partial charge is 0.307 e. The summed E-state index contributed by atoms with van der Waals surface area (Å²) in [6.07, 6.45) is 3.09. The highest BCUT2D eigenvalue weighted by molar-refractivity contribution is 6.29. The second-order valence-electron chi connectivity index (χ2n) is 11.8. The van der Waals surface area contributed by atoms with Gasteiger partial charge in [-0.05, 0) is 65.1 Å². The molecule has 4 aromatic carbocycles. The lowest BCUT2D eigenvalue weighted by Gasteiger charge is -2.24. The first-order valence-corrected chi connectivity index (χ1v) is 12.8. The van der Waals surface area contributed by atoms with E-state index in [9.17, 15) is 0 Å². The molecule has 0 aliphatic rings. The van der Waals surface area contributed by atoms with Gasteiger partial charge in [0, 0.05) is 16.8 Å². The summed E-state index contributed by atoms with van der Waals surface area (Å²) in [5, 5.41) is 7.96. The molecular weight excluding hydrogens is 443 g/mol. The van der Waals surface area contributed by atoms with E-state index in [4.69, 9.17) is 0 Å². The van der Waals surface area contributed by atoms with Crippen LogP contribution in [0, 0.1) is 25.1 Å². The summed E-state index contributed by atoms with van der Waals surface area (Å²) in [5.74, 6) is -0.161. The van der Waals surface area contributed by atoms with E-state index in [1.54, 1.807) is 6.07 Å². The highest BCUT2D eigenvalue weighted by Gasteiger charge is 2.29. The van der Waals surface area contributed by atoms with Crippen LogP contribution in [0.5, 0.6) is 0 Å². The smallest absolute Gasteiger partial charge is 0.224 e. The number of rotatable bonds is 1. The third kappa shape index (κ3) is 2.69. The van der Waals surface area contributed by atoms with Gasteiger partial charge >= 0.3 is 0 Å². The van der Waals surface area contributed by atoms with Crippen molar-refractivity contribution >= 4 is 59.8 Å². The van der Waals surface area contributed by atoms with E-state index in [1.807, 2.05) is 6.07 Å². The molecule has 0 unspecified atom stereocenters. The normalized spacial score (nSPS) is 13.0. The summed E-state index contributed by atoms with van der Waals surface area (Å²) in [4.78, 5) is 0. The van der Waals surface area contributed by atoms with Gasteiger partial charge < -0.3 is 4.40 Å². The fourth-order valence-electron chi connectivity index (χ4n) is 6.56. The molecule has 0 spiro atoms. The van der Waals surface area contributed by atoms with Crippen LogP contribution >= 0.6 is 0 Å². The predicted molar refractivity (Wildman–Crippen MR) is 150 cm³/mol. The van der Waals surface area contributed by atoms with Crippen molar-refractivity contribution in [3.05, 3.63) is 83.3 Å². The Kier molecular flexibility index (Phi) is 4.16. The molecule has 0 saturated heterocycles. The second-order valence-corrected chi connectivity index (χ2v) is 11.8. The van der Waals surface area contributed by atoms with E-state index in [-0.39, 0.29) is 11.2 Å². The highest BCUT2D eigenvalue weighted by Crippen LogP contribution is 2.45. The lowest BCUT2D eigenvalue weighted by Crippen LogP contribution is -2.29. The monoisotopic (exact) mass is 473 g/mol. The molecule has 7 aromatic rings. The van der Waals surface area contributed by atoms with E-state index >= 15 is 4.39 Å². The minimum Gasteiger partial charge on any atom is -0.307 e. The van der Waals surface area contributed by atoms with Crippen LogP contribution < -0.4 is 4.57 Å². The van der Waals surface area contributed by atoms with E-state index in [0.717, 1.165) is 22.8 Å². The molecule has 2 nitrogen and oxygen atoms in total. The number of hydrogen-bond acceptors (Lipinski definition) is 0. The number of benzene rings is 4. The van der Waals surface area contributed by atoms with Crippen LogP contribution in [-0.2, 0) is 13.5 Å². The van der Waals surface area contributed by atoms with Gasteiger partial charge in [0.15, 0.2) is 6.20 Å². The third-order valence-electron chi connectivity index (χ3n) is 7.97. The van der Waals surface area contributed by atoms with Gasteiger partial charge in [0.25, 0.3) is 0 Å². The maximum absolute atomic E-state index is 15.5. The van der Waals surface area contributed by atoms with Crippen LogP contribution in [0.25, 0.3) is 59.8 Å². The molecule has 178 valence electrons. The maximum Gasteiger partial charge on any atom is 0.224 e. The first-order chi connectivity index (χ1) is 17.2. The summed E-state index contributed by atoms with van der Waals surface area (Å²) in [5.41, 5.74) is 8.47. The number of fused-ring (bicyclic) bond motifs is 7. The molecule has 7 rings (SSSR count). The third-order valence-corrected chi connectivity index (χ3v) is 7.97. The summed E-state index contributed by atoms with van der Waals surface area (Å²) in [7, 11) is 2.14. The standard InChI is InChI=1S/C33H30FN2/c1-18-10-12-21-23(16-18)19(2)27-31(24(21)17-33(3,4)5)36-26-9-7-8-25(34)29(26)22-13-11-20-14-15-35(6)32(27)28(20)30(22)36/h7-16H,17H2,1-6H3/q+1. The zero-order valence-electron chi connectivity index (χ0n) is 21.8. The summed E-state index contributed by atoms with van der Waals surface area (Å²) in [6, 6.07) is 18.8. The molecule has 0 saturated carbocycles. The summed E-state index contributed by atoms with van der Waals surface area (Å²) < 4.78 is 20.1. The topological polar surface area (TPSA) is 8.29 Å². The lowest BCUT2D eigenvalue weighted by molar-refractivity contribution is -0.643. The summed E-state index contributed by atoms with van der Waals surface area (Å²) >= 11 is 0. The van der Waals surface area contributed by atoms with Crippen molar-refractivity contribution in [1.29, 1.82) is 0 Å². The van der Waals surface area contributed by atoms with E-state index in [0.29, 0.717) is 5.39 Å². The van der Waals surface area contributed by atoms with Crippen molar-refractivity contribution in [2.24, 2.45) is 12.5 Å². The number of halogens is 1. The Bertz CT molecular complexity index is 2040. The van der Waals surface area contributed by atoms with Crippen LogP contribution in [0.1, 0.15) is 37.5 Å². The van der Waals surface area contributed by atoms with E-state index < -0.39 is 0 Å². The Balaban J connectivity index is 1.95. The SMILES string of the molecule is Cc1ccc2c(CC(C)(C)C)c3c(c(C)c2c1)c1c2c(ccc4c5c(F)cccc5n3c42)cc[n+]1C. The quantitative estimate of drug-likeness (QED) is 0.129. The molecule has 0 aliphatic heterocycles. The van der Waals surface area contributed by atoms with Gasteiger partial charge in [0.05, 0.1) is 27.3 Å². The van der Waals surface area contributed by atoms with Gasteiger partial charge in [-0.1, -0.05) is 62.7 Å². The molecule has 0 radical (unpaired) electrons. The number of aromatic nitrogens is 2. The molecule has 0 atom stereocenters. The average Bonchev–Trinajstić information content (AvgIpc) is 3.17. The second kappa shape index (κ2) is 6.94. The number of aryl methyl sites for hydroxylation is 3. The average molecular weight is 474 g/mol. The first-order valence-electron chi connectivity index (χ1n) is 12.8. The summed E-state index contributed by atoms with van der Waals surface area (Å²) in [6.45, 7) is 11.3. The van der Waals surface area contributed by atoms with Crippen LogP contribution in [0.15, 0.2) is 60.8 Å². The van der Waals surface area contributed by atoms with Gasteiger partial charge in [-0.15, -0.1) is 0 Å². The molecule has 0 N–H and O–H groups in total. The van der Waals surface area contributed by atoms with Crippen LogP contribution in [0.2, 0.25) is 0 Å². The minimum absolute atomic E-state index is 0.0827. The van der Waals surface area contributed by atoms with Crippen molar-refractivity contribution in [2.45, 2.75) is 41.0 Å². The van der Waals surface area contributed by atoms with Gasteiger partial charge in [-0.3, -0.25) is 0 Å². The molecule has 0 bridgehead atoms. The first kappa shape index (κ1) is 21.6. The van der Waals surface area contributed by atoms with E-state index in [2.05, 4.69) is 99.3 Å². The lowest BCUT2D eigenvalue weighted by atomic mass is 9.83. The van der Waals surface area contributed by atoms with Crippen LogP contribution in [0.4, 0.5) is 4.39 Å². The number of pyridine rings is 2. The Morgan fingerprint density at radius 1 is 0.833 bits per heavy atom. The fourth-order valence-corrected chi connectivity index (χ4v) is 6.56. The van der Waals surface area contributed by atoms with Crippen LogP contribution in [-0.4, -0.2) is 4.40 Å². The Labute approximate surface area is 209 Å². The van der Waals surface area contributed by atoms with Gasteiger partial charge in [0.2, 0.25) is 5.52 Å². The minimum atomic E-state index is -0.161. The van der Waals surface area contributed by atoms with Crippen molar-refractivity contribution in [3.63, 3.8) is 0 Å². The Hall–Kier alpha value is -3.72. The highest BCUT2D eigenvalue weighted by atomic mass is 19.1. The predicted octanol–water partition coefficient (Wildman–Crippen LogP) is 8.31. The Morgan fingerprint density at radius 3 is 2.39 bits per heavy atom.